The summed E-state index contributed by atoms with van der Waals surface area (Å²) in [5.41, 5.74) is 1.03. The molecule has 1 fully saturated rings. The van der Waals surface area contributed by atoms with E-state index in [4.69, 9.17) is 9.51 Å². The van der Waals surface area contributed by atoms with E-state index in [0.717, 1.165) is 74.6 Å². The number of piperazine rings is 1. The van der Waals surface area contributed by atoms with E-state index in [1.54, 1.807) is 0 Å². The third-order valence-electron chi connectivity index (χ3n) is 4.41. The van der Waals surface area contributed by atoms with Gasteiger partial charge in [-0.3, -0.25) is 4.90 Å². The molecule has 2 aromatic heterocycles. The largest absolute Gasteiger partial charge is 0.354 e. The highest BCUT2D eigenvalue weighted by molar-refractivity contribution is 5.40. The fourth-order valence-electron chi connectivity index (χ4n) is 3.00. The van der Waals surface area contributed by atoms with Gasteiger partial charge in [-0.25, -0.2) is 9.97 Å². The van der Waals surface area contributed by atoms with Crippen molar-refractivity contribution in [2.75, 3.05) is 31.1 Å². The Hall–Kier alpha value is -2.02. The second kappa shape index (κ2) is 7.91. The third kappa shape index (κ3) is 4.54. The molecule has 0 aromatic carbocycles. The first-order valence-electron chi connectivity index (χ1n) is 9.19. The van der Waals surface area contributed by atoms with Crippen molar-refractivity contribution in [3.63, 3.8) is 0 Å². The molecule has 3 rings (SSSR count). The van der Waals surface area contributed by atoms with Gasteiger partial charge in [-0.1, -0.05) is 25.9 Å². The molecular weight excluding hydrogens is 316 g/mol. The summed E-state index contributed by atoms with van der Waals surface area (Å²) in [6.07, 6.45) is 1.91. The molecule has 1 aliphatic heterocycles. The smallest absolute Gasteiger partial charge is 0.240 e. The number of nitrogens with zero attached hydrogens (tertiary/aromatic N) is 6. The minimum absolute atomic E-state index is 0.342. The summed E-state index contributed by atoms with van der Waals surface area (Å²) in [5.74, 6) is 3.84. The van der Waals surface area contributed by atoms with E-state index in [1.165, 1.54) is 0 Å². The Balaban J connectivity index is 1.58. The predicted octanol–water partition coefficient (Wildman–Crippen LogP) is 2.57. The van der Waals surface area contributed by atoms with Crippen LogP contribution >= 0.6 is 0 Å². The Morgan fingerprint density at radius 2 is 1.88 bits per heavy atom. The minimum atomic E-state index is 0.342. The first-order valence-corrected chi connectivity index (χ1v) is 9.19. The van der Waals surface area contributed by atoms with Crippen LogP contribution in [0.5, 0.6) is 0 Å². The lowest BCUT2D eigenvalue weighted by Crippen LogP contribution is -2.46. The van der Waals surface area contributed by atoms with Crippen LogP contribution in [-0.2, 0) is 13.0 Å². The molecule has 1 aliphatic rings. The Labute approximate surface area is 149 Å². The van der Waals surface area contributed by atoms with Crippen LogP contribution in [0.3, 0.4) is 0 Å². The van der Waals surface area contributed by atoms with E-state index in [9.17, 15) is 0 Å². The maximum Gasteiger partial charge on any atom is 0.240 e. The third-order valence-corrected chi connectivity index (χ3v) is 4.41. The number of rotatable bonds is 6. The van der Waals surface area contributed by atoms with Crippen LogP contribution < -0.4 is 4.90 Å². The number of anilines is 1. The van der Waals surface area contributed by atoms with Gasteiger partial charge < -0.3 is 9.42 Å². The van der Waals surface area contributed by atoms with Crippen molar-refractivity contribution >= 4 is 5.82 Å². The number of hydrogen-bond acceptors (Lipinski definition) is 7. The first-order chi connectivity index (χ1) is 12.0. The summed E-state index contributed by atoms with van der Waals surface area (Å²) in [6.45, 7) is 13.0. The van der Waals surface area contributed by atoms with Crippen LogP contribution in [0.25, 0.3) is 0 Å². The zero-order valence-electron chi connectivity index (χ0n) is 15.7. The molecule has 7 nitrogen and oxygen atoms in total. The second-order valence-corrected chi connectivity index (χ2v) is 7.00. The number of hydrogen-bond donors (Lipinski definition) is 0. The normalized spacial score (nSPS) is 16.0. The molecule has 0 atom stereocenters. The van der Waals surface area contributed by atoms with Gasteiger partial charge in [0.1, 0.15) is 11.6 Å². The fourth-order valence-corrected chi connectivity index (χ4v) is 3.00. The van der Waals surface area contributed by atoms with Crippen molar-refractivity contribution in [2.24, 2.45) is 0 Å². The van der Waals surface area contributed by atoms with E-state index >= 15 is 0 Å². The van der Waals surface area contributed by atoms with Crippen molar-refractivity contribution in [2.45, 2.75) is 53.0 Å². The van der Waals surface area contributed by atoms with Gasteiger partial charge in [-0.05, 0) is 13.3 Å². The van der Waals surface area contributed by atoms with Gasteiger partial charge in [0.15, 0.2) is 5.82 Å². The highest BCUT2D eigenvalue weighted by atomic mass is 16.5. The Bertz CT molecular complexity index is 691. The maximum atomic E-state index is 5.35. The van der Waals surface area contributed by atoms with E-state index in [2.05, 4.69) is 51.8 Å². The van der Waals surface area contributed by atoms with Crippen LogP contribution in [0, 0.1) is 6.92 Å². The summed E-state index contributed by atoms with van der Waals surface area (Å²) in [6, 6.07) is 2.08. The molecule has 0 bridgehead atoms. The van der Waals surface area contributed by atoms with Gasteiger partial charge in [0, 0.05) is 50.3 Å². The van der Waals surface area contributed by atoms with E-state index in [-0.39, 0.29) is 0 Å². The van der Waals surface area contributed by atoms with E-state index in [1.807, 2.05) is 6.92 Å². The summed E-state index contributed by atoms with van der Waals surface area (Å²) >= 11 is 0. The molecule has 0 amide bonds. The van der Waals surface area contributed by atoms with Gasteiger partial charge in [-0.2, -0.15) is 4.98 Å². The summed E-state index contributed by atoms with van der Waals surface area (Å²) in [7, 11) is 0. The lowest BCUT2D eigenvalue weighted by Gasteiger charge is -2.34. The average molecular weight is 344 g/mol. The monoisotopic (exact) mass is 344 g/mol. The molecular formula is C18H28N6O. The predicted molar refractivity (Wildman–Crippen MR) is 96.6 cm³/mol. The fraction of sp³-hybridized carbons (Fsp3) is 0.667. The lowest BCUT2D eigenvalue weighted by atomic mass is 10.2. The van der Waals surface area contributed by atoms with Crippen LogP contribution in [0.2, 0.25) is 0 Å². The zero-order chi connectivity index (χ0) is 17.8. The standard InChI is InChI=1S/C18H28N6O/c1-5-6-15-20-17(25-22-15)12-23-7-9-24(10-8-23)16-11-14(4)19-18(21-16)13(2)3/h11,13H,5-10,12H2,1-4H3. The van der Waals surface area contributed by atoms with Gasteiger partial charge >= 0.3 is 0 Å². The molecule has 3 heterocycles. The van der Waals surface area contributed by atoms with E-state index < -0.39 is 0 Å². The van der Waals surface area contributed by atoms with E-state index in [0.29, 0.717) is 5.92 Å². The van der Waals surface area contributed by atoms with Crippen molar-refractivity contribution in [1.82, 2.24) is 25.0 Å². The molecule has 0 radical (unpaired) electrons. The van der Waals surface area contributed by atoms with Crippen molar-refractivity contribution in [3.8, 4) is 0 Å². The highest BCUT2D eigenvalue weighted by Crippen LogP contribution is 2.19. The Morgan fingerprint density at radius 3 is 2.56 bits per heavy atom. The second-order valence-electron chi connectivity index (χ2n) is 7.00. The van der Waals surface area contributed by atoms with Crippen molar-refractivity contribution in [1.29, 1.82) is 0 Å². The molecule has 1 saturated heterocycles. The summed E-state index contributed by atoms with van der Waals surface area (Å²) < 4.78 is 5.35. The quantitative estimate of drug-likeness (QED) is 0.797. The first kappa shape index (κ1) is 17.8. The summed E-state index contributed by atoms with van der Waals surface area (Å²) in [4.78, 5) is 18.4. The minimum Gasteiger partial charge on any atom is -0.354 e. The Morgan fingerprint density at radius 1 is 1.12 bits per heavy atom. The van der Waals surface area contributed by atoms with Gasteiger partial charge in [0.05, 0.1) is 6.54 Å². The zero-order valence-corrected chi connectivity index (χ0v) is 15.7. The molecule has 25 heavy (non-hydrogen) atoms. The van der Waals surface area contributed by atoms with Crippen LogP contribution in [-0.4, -0.2) is 51.2 Å². The van der Waals surface area contributed by atoms with Crippen LogP contribution in [0.15, 0.2) is 10.6 Å². The van der Waals surface area contributed by atoms with Crippen molar-refractivity contribution < 1.29 is 4.52 Å². The van der Waals surface area contributed by atoms with Crippen LogP contribution in [0.1, 0.15) is 56.3 Å². The molecule has 2 aromatic rings. The van der Waals surface area contributed by atoms with Crippen molar-refractivity contribution in [3.05, 3.63) is 29.3 Å². The molecule has 0 unspecified atom stereocenters. The molecule has 7 heteroatoms. The number of aromatic nitrogens is 4. The summed E-state index contributed by atoms with van der Waals surface area (Å²) in [5, 5.41) is 4.03. The highest BCUT2D eigenvalue weighted by Gasteiger charge is 2.21. The van der Waals surface area contributed by atoms with Crippen LogP contribution in [0.4, 0.5) is 5.82 Å². The van der Waals surface area contributed by atoms with Gasteiger partial charge in [-0.15, -0.1) is 0 Å². The topological polar surface area (TPSA) is 71.2 Å². The number of aryl methyl sites for hydroxylation is 2. The molecule has 0 aliphatic carbocycles. The molecule has 0 N–H and O–H groups in total. The average Bonchev–Trinajstić information content (AvgIpc) is 3.02. The molecule has 136 valence electrons. The molecule has 0 spiro atoms. The van der Waals surface area contributed by atoms with Gasteiger partial charge in [0.2, 0.25) is 5.89 Å². The maximum absolute atomic E-state index is 5.35. The SMILES string of the molecule is CCCc1noc(CN2CCN(c3cc(C)nc(C(C)C)n3)CC2)n1. The Kier molecular flexibility index (Phi) is 5.63. The van der Waals surface area contributed by atoms with Gasteiger partial charge in [0.25, 0.3) is 0 Å². The lowest BCUT2D eigenvalue weighted by molar-refractivity contribution is 0.215. The molecule has 0 saturated carbocycles.